The van der Waals surface area contributed by atoms with Gasteiger partial charge in [-0.2, -0.15) is 0 Å². The SMILES string of the molecule is CN=C(NCCc1cccs1)NCC(c1cccc(F)c1)N(C)C.I. The van der Waals surface area contributed by atoms with Gasteiger partial charge in [0.05, 0.1) is 6.04 Å². The number of nitrogens with one attached hydrogen (secondary N) is 2. The van der Waals surface area contributed by atoms with Crippen LogP contribution in [0, 0.1) is 5.82 Å². The molecule has 0 fully saturated rings. The molecule has 2 N–H and O–H groups in total. The van der Waals surface area contributed by atoms with Crippen LogP contribution in [0.4, 0.5) is 4.39 Å². The van der Waals surface area contributed by atoms with Crippen molar-refractivity contribution in [2.75, 3.05) is 34.2 Å². The lowest BCUT2D eigenvalue weighted by Gasteiger charge is -2.26. The summed E-state index contributed by atoms with van der Waals surface area (Å²) >= 11 is 1.76. The third-order valence-electron chi connectivity index (χ3n) is 3.79. The van der Waals surface area contributed by atoms with Crippen LogP contribution in [0.25, 0.3) is 0 Å². The van der Waals surface area contributed by atoms with Crippen molar-refractivity contribution in [3.05, 3.63) is 58.0 Å². The number of nitrogens with zero attached hydrogens (tertiary/aromatic N) is 2. The fourth-order valence-electron chi connectivity index (χ4n) is 2.49. The van der Waals surface area contributed by atoms with E-state index in [1.807, 2.05) is 20.2 Å². The molecule has 2 aromatic rings. The van der Waals surface area contributed by atoms with Crippen molar-refractivity contribution in [2.24, 2.45) is 4.99 Å². The van der Waals surface area contributed by atoms with Crippen molar-refractivity contribution >= 4 is 41.3 Å². The molecule has 1 unspecified atom stereocenters. The molecular weight excluding hydrogens is 450 g/mol. The maximum atomic E-state index is 13.5. The van der Waals surface area contributed by atoms with Gasteiger partial charge in [-0.15, -0.1) is 35.3 Å². The van der Waals surface area contributed by atoms with Crippen LogP contribution < -0.4 is 10.6 Å². The molecule has 0 aliphatic carbocycles. The third kappa shape index (κ3) is 7.29. The molecule has 1 heterocycles. The first-order valence-corrected chi connectivity index (χ1v) is 8.87. The summed E-state index contributed by atoms with van der Waals surface area (Å²) < 4.78 is 13.5. The molecule has 1 aromatic heterocycles. The van der Waals surface area contributed by atoms with E-state index < -0.39 is 0 Å². The van der Waals surface area contributed by atoms with E-state index in [2.05, 4.69) is 38.0 Å². The predicted molar refractivity (Wildman–Crippen MR) is 116 cm³/mol. The van der Waals surface area contributed by atoms with E-state index in [0.29, 0.717) is 6.54 Å². The molecule has 0 aliphatic heterocycles. The van der Waals surface area contributed by atoms with Gasteiger partial charge < -0.3 is 15.5 Å². The van der Waals surface area contributed by atoms with Crippen LogP contribution in [-0.4, -0.2) is 45.1 Å². The summed E-state index contributed by atoms with van der Waals surface area (Å²) in [5.41, 5.74) is 0.946. The number of thiophene rings is 1. The van der Waals surface area contributed by atoms with Crippen LogP contribution in [-0.2, 0) is 6.42 Å². The van der Waals surface area contributed by atoms with Crippen LogP contribution in [0.1, 0.15) is 16.5 Å². The van der Waals surface area contributed by atoms with Gasteiger partial charge >= 0.3 is 0 Å². The first-order chi connectivity index (χ1) is 11.6. The van der Waals surface area contributed by atoms with E-state index in [-0.39, 0.29) is 35.8 Å². The maximum Gasteiger partial charge on any atom is 0.191 e. The molecule has 1 atom stereocenters. The number of guanidine groups is 1. The number of likely N-dealkylation sites (N-methyl/N-ethyl adjacent to an activating group) is 1. The summed E-state index contributed by atoms with van der Waals surface area (Å²) in [6.45, 7) is 1.47. The number of rotatable bonds is 7. The molecule has 0 saturated heterocycles. The van der Waals surface area contributed by atoms with E-state index in [0.717, 1.165) is 24.5 Å². The second kappa shape index (κ2) is 11.4. The summed E-state index contributed by atoms with van der Waals surface area (Å²) in [6.07, 6.45) is 0.972. The maximum absolute atomic E-state index is 13.5. The number of hydrogen-bond acceptors (Lipinski definition) is 3. The van der Waals surface area contributed by atoms with Gasteiger partial charge in [0.25, 0.3) is 0 Å². The van der Waals surface area contributed by atoms with Crippen molar-refractivity contribution in [1.82, 2.24) is 15.5 Å². The second-order valence-corrected chi connectivity index (χ2v) is 6.78. The van der Waals surface area contributed by atoms with Crippen LogP contribution >= 0.6 is 35.3 Å². The van der Waals surface area contributed by atoms with Crippen LogP contribution in [0.5, 0.6) is 0 Å². The summed E-state index contributed by atoms with van der Waals surface area (Å²) in [7, 11) is 5.74. The molecule has 25 heavy (non-hydrogen) atoms. The largest absolute Gasteiger partial charge is 0.356 e. The summed E-state index contributed by atoms with van der Waals surface area (Å²) in [5, 5.41) is 8.73. The molecule has 138 valence electrons. The van der Waals surface area contributed by atoms with Gasteiger partial charge in [-0.05, 0) is 49.7 Å². The first kappa shape index (κ1) is 21.9. The van der Waals surface area contributed by atoms with Crippen molar-refractivity contribution in [3.63, 3.8) is 0 Å². The minimum absolute atomic E-state index is 0. The van der Waals surface area contributed by atoms with Crippen molar-refractivity contribution in [3.8, 4) is 0 Å². The molecule has 0 radical (unpaired) electrons. The Morgan fingerprint density at radius 3 is 2.64 bits per heavy atom. The minimum Gasteiger partial charge on any atom is -0.356 e. The Labute approximate surface area is 170 Å². The zero-order valence-corrected chi connectivity index (χ0v) is 18.0. The van der Waals surface area contributed by atoms with E-state index >= 15 is 0 Å². The first-order valence-electron chi connectivity index (χ1n) is 7.99. The lowest BCUT2D eigenvalue weighted by molar-refractivity contribution is 0.297. The Balaban J connectivity index is 0.00000312. The molecule has 7 heteroatoms. The lowest BCUT2D eigenvalue weighted by Crippen LogP contribution is -2.42. The Bertz CT molecular complexity index is 646. The third-order valence-corrected chi connectivity index (χ3v) is 4.72. The molecule has 0 spiro atoms. The predicted octanol–water partition coefficient (Wildman–Crippen LogP) is 3.52. The lowest BCUT2D eigenvalue weighted by atomic mass is 10.1. The van der Waals surface area contributed by atoms with E-state index in [1.54, 1.807) is 30.5 Å². The van der Waals surface area contributed by atoms with E-state index in [1.165, 1.54) is 10.9 Å². The highest BCUT2D eigenvalue weighted by atomic mass is 127. The number of benzene rings is 1. The summed E-state index contributed by atoms with van der Waals surface area (Å²) in [4.78, 5) is 7.68. The topological polar surface area (TPSA) is 39.7 Å². The van der Waals surface area contributed by atoms with Crippen molar-refractivity contribution in [1.29, 1.82) is 0 Å². The molecule has 0 amide bonds. The van der Waals surface area contributed by atoms with Crippen LogP contribution in [0.15, 0.2) is 46.8 Å². The van der Waals surface area contributed by atoms with Gasteiger partial charge in [0.1, 0.15) is 5.82 Å². The number of halogens is 2. The average molecular weight is 476 g/mol. The highest BCUT2D eigenvalue weighted by molar-refractivity contribution is 14.0. The van der Waals surface area contributed by atoms with Gasteiger partial charge in [0, 0.05) is 25.0 Å². The molecule has 0 saturated carbocycles. The van der Waals surface area contributed by atoms with Gasteiger partial charge in [-0.3, -0.25) is 4.99 Å². The van der Waals surface area contributed by atoms with Gasteiger partial charge in [-0.1, -0.05) is 18.2 Å². The smallest absolute Gasteiger partial charge is 0.191 e. The highest BCUT2D eigenvalue weighted by Crippen LogP contribution is 2.18. The Kier molecular flexibility index (Phi) is 9.99. The quantitative estimate of drug-likeness (QED) is 0.365. The number of hydrogen-bond donors (Lipinski definition) is 2. The Hall–Kier alpha value is -1.19. The summed E-state index contributed by atoms with van der Waals surface area (Å²) in [6, 6.07) is 11.0. The van der Waals surface area contributed by atoms with Crippen molar-refractivity contribution in [2.45, 2.75) is 12.5 Å². The standard InChI is InChI=1S/C18H25FN4S.HI/c1-20-18(21-10-9-16-8-5-11-24-16)22-13-17(23(2)3)14-6-4-7-15(19)12-14;/h4-8,11-12,17H,9-10,13H2,1-3H3,(H2,20,21,22);1H. The monoisotopic (exact) mass is 476 g/mol. The van der Waals surface area contributed by atoms with Crippen LogP contribution in [0.3, 0.4) is 0 Å². The average Bonchev–Trinajstić information content (AvgIpc) is 3.06. The number of aliphatic imine (C=N–C) groups is 1. The second-order valence-electron chi connectivity index (χ2n) is 5.74. The highest BCUT2D eigenvalue weighted by Gasteiger charge is 2.15. The molecule has 4 nitrogen and oxygen atoms in total. The van der Waals surface area contributed by atoms with Crippen LogP contribution in [0.2, 0.25) is 0 Å². The zero-order chi connectivity index (χ0) is 17.4. The van der Waals surface area contributed by atoms with E-state index in [4.69, 9.17) is 0 Å². The zero-order valence-electron chi connectivity index (χ0n) is 14.8. The van der Waals surface area contributed by atoms with Gasteiger partial charge in [0.2, 0.25) is 0 Å². The Morgan fingerprint density at radius 1 is 1.24 bits per heavy atom. The fraction of sp³-hybridized carbons (Fsp3) is 0.389. The fourth-order valence-corrected chi connectivity index (χ4v) is 3.19. The van der Waals surface area contributed by atoms with Gasteiger partial charge in [0.15, 0.2) is 5.96 Å². The Morgan fingerprint density at radius 2 is 2.04 bits per heavy atom. The molecule has 0 bridgehead atoms. The summed E-state index contributed by atoms with van der Waals surface area (Å²) in [5.74, 6) is 0.549. The molecule has 1 aromatic carbocycles. The van der Waals surface area contributed by atoms with Gasteiger partial charge in [-0.25, -0.2) is 4.39 Å². The molecule has 2 rings (SSSR count). The minimum atomic E-state index is -0.210. The van der Waals surface area contributed by atoms with E-state index in [9.17, 15) is 4.39 Å². The molecular formula is C18H26FIN4S. The normalized spacial score (nSPS) is 12.6. The van der Waals surface area contributed by atoms with Crippen molar-refractivity contribution < 1.29 is 4.39 Å². The molecule has 0 aliphatic rings.